The minimum atomic E-state index is -0.199. The number of para-hydroxylation sites is 1. The Kier molecular flexibility index (Phi) is 3.94. The van der Waals surface area contributed by atoms with Crippen LogP contribution in [-0.2, 0) is 0 Å². The number of ether oxygens (including phenoxy) is 1. The van der Waals surface area contributed by atoms with Gasteiger partial charge in [0.05, 0.1) is 12.7 Å². The van der Waals surface area contributed by atoms with E-state index < -0.39 is 0 Å². The number of aryl methyl sites for hydroxylation is 2. The van der Waals surface area contributed by atoms with Gasteiger partial charge in [-0.05, 0) is 49.2 Å². The molecule has 0 heterocycles. The van der Waals surface area contributed by atoms with Gasteiger partial charge in [-0.15, -0.1) is 0 Å². The Hall–Kier alpha value is -2.49. The average Bonchev–Trinajstić information content (AvgIpc) is 2.44. The van der Waals surface area contributed by atoms with Crippen LogP contribution in [0, 0.1) is 13.8 Å². The van der Waals surface area contributed by atoms with Gasteiger partial charge in [0, 0.05) is 11.4 Å². The molecule has 4 heteroatoms. The second-order valence-electron chi connectivity index (χ2n) is 4.68. The summed E-state index contributed by atoms with van der Waals surface area (Å²) in [5.41, 5.74) is 9.69. The van der Waals surface area contributed by atoms with Crippen LogP contribution in [0.5, 0.6) is 5.75 Å². The van der Waals surface area contributed by atoms with E-state index in [1.165, 1.54) is 0 Å². The van der Waals surface area contributed by atoms with E-state index in [2.05, 4.69) is 5.32 Å². The first kappa shape index (κ1) is 13.9. The molecule has 104 valence electrons. The van der Waals surface area contributed by atoms with Crippen LogP contribution in [0.2, 0.25) is 0 Å². The molecule has 0 bridgehead atoms. The number of methoxy groups -OCH3 is 1. The highest BCUT2D eigenvalue weighted by molar-refractivity contribution is 6.06. The largest absolute Gasteiger partial charge is 0.496 e. The second kappa shape index (κ2) is 5.65. The summed E-state index contributed by atoms with van der Waals surface area (Å²) in [5.74, 6) is 0.351. The lowest BCUT2D eigenvalue weighted by atomic mass is 10.1. The van der Waals surface area contributed by atoms with Gasteiger partial charge in [0.15, 0.2) is 0 Å². The fraction of sp³-hybridized carbons (Fsp3) is 0.188. The number of nitrogens with two attached hydrogens (primary N) is 1. The van der Waals surface area contributed by atoms with Crippen molar-refractivity contribution in [1.29, 1.82) is 0 Å². The van der Waals surface area contributed by atoms with Gasteiger partial charge in [0.1, 0.15) is 5.75 Å². The summed E-state index contributed by atoms with van der Waals surface area (Å²) in [6.45, 7) is 3.82. The van der Waals surface area contributed by atoms with Crippen molar-refractivity contribution in [2.24, 2.45) is 0 Å². The smallest absolute Gasteiger partial charge is 0.259 e. The number of amides is 1. The van der Waals surface area contributed by atoms with E-state index in [9.17, 15) is 4.79 Å². The van der Waals surface area contributed by atoms with Gasteiger partial charge in [-0.1, -0.05) is 12.1 Å². The molecule has 0 spiro atoms. The molecular weight excluding hydrogens is 252 g/mol. The lowest BCUT2D eigenvalue weighted by Crippen LogP contribution is -2.14. The monoisotopic (exact) mass is 270 g/mol. The van der Waals surface area contributed by atoms with Gasteiger partial charge in [0.2, 0.25) is 0 Å². The lowest BCUT2D eigenvalue weighted by Gasteiger charge is -2.12. The minimum Gasteiger partial charge on any atom is -0.496 e. The zero-order valence-electron chi connectivity index (χ0n) is 11.9. The Morgan fingerprint density at radius 3 is 2.55 bits per heavy atom. The summed E-state index contributed by atoms with van der Waals surface area (Å²) in [4.78, 5) is 12.3. The van der Waals surface area contributed by atoms with E-state index in [1.54, 1.807) is 25.3 Å². The van der Waals surface area contributed by atoms with E-state index in [-0.39, 0.29) is 5.91 Å². The summed E-state index contributed by atoms with van der Waals surface area (Å²) < 4.78 is 5.20. The van der Waals surface area contributed by atoms with Crippen molar-refractivity contribution < 1.29 is 9.53 Å². The summed E-state index contributed by atoms with van der Waals surface area (Å²) in [5, 5.41) is 2.89. The normalized spacial score (nSPS) is 10.2. The fourth-order valence-corrected chi connectivity index (χ4v) is 2.00. The Balaban J connectivity index is 2.30. The van der Waals surface area contributed by atoms with E-state index in [4.69, 9.17) is 10.5 Å². The molecule has 0 aliphatic rings. The fourth-order valence-electron chi connectivity index (χ4n) is 2.00. The van der Waals surface area contributed by atoms with Crippen molar-refractivity contribution in [3.8, 4) is 5.75 Å². The summed E-state index contributed by atoms with van der Waals surface area (Å²) in [6.07, 6.45) is 0. The third-order valence-corrected chi connectivity index (χ3v) is 3.21. The van der Waals surface area contributed by atoms with Crippen LogP contribution in [-0.4, -0.2) is 13.0 Å². The van der Waals surface area contributed by atoms with Gasteiger partial charge in [-0.25, -0.2) is 0 Å². The first-order valence-corrected chi connectivity index (χ1v) is 6.34. The van der Waals surface area contributed by atoms with Crippen LogP contribution in [0.15, 0.2) is 36.4 Å². The Morgan fingerprint density at radius 2 is 1.85 bits per heavy atom. The van der Waals surface area contributed by atoms with Gasteiger partial charge in [-0.3, -0.25) is 4.79 Å². The van der Waals surface area contributed by atoms with Crippen LogP contribution in [0.3, 0.4) is 0 Å². The summed E-state index contributed by atoms with van der Waals surface area (Å²) >= 11 is 0. The molecule has 1 amide bonds. The summed E-state index contributed by atoms with van der Waals surface area (Å²) in [7, 11) is 1.55. The van der Waals surface area contributed by atoms with Crippen LogP contribution < -0.4 is 15.8 Å². The van der Waals surface area contributed by atoms with E-state index in [0.717, 1.165) is 22.5 Å². The molecule has 2 rings (SSSR count). The molecule has 2 aromatic carbocycles. The van der Waals surface area contributed by atoms with Gasteiger partial charge in [0.25, 0.3) is 5.91 Å². The van der Waals surface area contributed by atoms with Crippen LogP contribution in [0.1, 0.15) is 21.5 Å². The maximum atomic E-state index is 12.3. The molecule has 3 N–H and O–H groups in total. The number of carbonyl (C=O) groups excluding carboxylic acids is 1. The minimum absolute atomic E-state index is 0.199. The Labute approximate surface area is 118 Å². The second-order valence-corrected chi connectivity index (χ2v) is 4.68. The maximum absolute atomic E-state index is 12.3. The highest BCUT2D eigenvalue weighted by Gasteiger charge is 2.13. The van der Waals surface area contributed by atoms with Crippen molar-refractivity contribution in [3.05, 3.63) is 53.1 Å². The third-order valence-electron chi connectivity index (χ3n) is 3.21. The standard InChI is InChI=1S/C16H18N2O2/c1-10-9-14(11(2)8-13(10)17)18-16(19)12-6-4-5-7-15(12)20-3/h4-9H,17H2,1-3H3,(H,18,19). The molecule has 20 heavy (non-hydrogen) atoms. The molecule has 0 saturated heterocycles. The molecule has 4 nitrogen and oxygen atoms in total. The summed E-state index contributed by atoms with van der Waals surface area (Å²) in [6, 6.07) is 10.8. The molecule has 0 unspecified atom stereocenters. The van der Waals surface area contributed by atoms with Gasteiger partial charge >= 0.3 is 0 Å². The van der Waals surface area contributed by atoms with E-state index >= 15 is 0 Å². The highest BCUT2D eigenvalue weighted by Crippen LogP contribution is 2.24. The van der Waals surface area contributed by atoms with Crippen molar-refractivity contribution in [1.82, 2.24) is 0 Å². The van der Waals surface area contributed by atoms with Crippen LogP contribution in [0.4, 0.5) is 11.4 Å². The molecule has 0 saturated carbocycles. The number of nitrogen functional groups attached to an aromatic ring is 1. The van der Waals surface area contributed by atoms with Crippen LogP contribution >= 0.6 is 0 Å². The van der Waals surface area contributed by atoms with Gasteiger partial charge in [-0.2, -0.15) is 0 Å². The zero-order chi connectivity index (χ0) is 14.7. The Morgan fingerprint density at radius 1 is 1.15 bits per heavy atom. The predicted octanol–water partition coefficient (Wildman–Crippen LogP) is 3.15. The number of nitrogens with one attached hydrogen (secondary N) is 1. The van der Waals surface area contributed by atoms with Crippen molar-refractivity contribution in [3.63, 3.8) is 0 Å². The van der Waals surface area contributed by atoms with E-state index in [0.29, 0.717) is 11.3 Å². The lowest BCUT2D eigenvalue weighted by molar-refractivity contribution is 0.102. The Bertz CT molecular complexity index is 651. The molecule has 0 aliphatic heterocycles. The number of anilines is 2. The number of hydrogen-bond acceptors (Lipinski definition) is 3. The average molecular weight is 270 g/mol. The molecule has 2 aromatic rings. The molecule has 0 atom stereocenters. The molecular formula is C16H18N2O2. The van der Waals surface area contributed by atoms with Gasteiger partial charge < -0.3 is 15.8 Å². The van der Waals surface area contributed by atoms with E-state index in [1.807, 2.05) is 32.0 Å². The predicted molar refractivity (Wildman–Crippen MR) is 81.3 cm³/mol. The molecule has 0 fully saturated rings. The maximum Gasteiger partial charge on any atom is 0.259 e. The molecule has 0 radical (unpaired) electrons. The number of benzene rings is 2. The number of rotatable bonds is 3. The quantitative estimate of drug-likeness (QED) is 0.842. The highest BCUT2D eigenvalue weighted by atomic mass is 16.5. The molecule has 0 aliphatic carbocycles. The topological polar surface area (TPSA) is 64.3 Å². The van der Waals surface area contributed by atoms with Crippen molar-refractivity contribution >= 4 is 17.3 Å². The first-order valence-electron chi connectivity index (χ1n) is 6.34. The number of carbonyl (C=O) groups is 1. The zero-order valence-corrected chi connectivity index (χ0v) is 11.9. The third kappa shape index (κ3) is 2.74. The molecule has 0 aromatic heterocycles. The SMILES string of the molecule is COc1ccccc1C(=O)Nc1cc(C)c(N)cc1C. The van der Waals surface area contributed by atoms with Crippen LogP contribution in [0.25, 0.3) is 0 Å². The first-order chi connectivity index (χ1) is 9.52. The van der Waals surface area contributed by atoms with Crippen molar-refractivity contribution in [2.45, 2.75) is 13.8 Å². The number of hydrogen-bond donors (Lipinski definition) is 2. The van der Waals surface area contributed by atoms with Crippen molar-refractivity contribution in [2.75, 3.05) is 18.2 Å².